The Morgan fingerprint density at radius 1 is 1.45 bits per heavy atom. The second-order valence-corrected chi connectivity index (χ2v) is 5.58. The first kappa shape index (κ1) is 13.2. The molecule has 2 aromatic rings. The zero-order valence-electron chi connectivity index (χ0n) is 11.3. The fourth-order valence-electron chi connectivity index (χ4n) is 2.20. The highest BCUT2D eigenvalue weighted by molar-refractivity contribution is 6.30. The van der Waals surface area contributed by atoms with Gasteiger partial charge in [-0.25, -0.2) is 4.98 Å². The molecule has 1 aromatic heterocycles. The van der Waals surface area contributed by atoms with E-state index in [9.17, 15) is 4.79 Å². The standard InChI is InChI=1S/C15H16ClN3O/c1-10-2-3-12(16)8-11(10)9-18-14-15(20)19(7-6-17-14)13-4-5-13/h2-3,6-8,13H,4-5,9H2,1H3,(H,17,18). The minimum Gasteiger partial charge on any atom is -0.361 e. The summed E-state index contributed by atoms with van der Waals surface area (Å²) >= 11 is 6.00. The molecule has 0 unspecified atom stereocenters. The average molecular weight is 290 g/mol. The topological polar surface area (TPSA) is 46.9 Å². The van der Waals surface area contributed by atoms with Gasteiger partial charge in [0.15, 0.2) is 5.82 Å². The number of anilines is 1. The maximum absolute atomic E-state index is 12.2. The van der Waals surface area contributed by atoms with E-state index in [4.69, 9.17) is 11.6 Å². The van der Waals surface area contributed by atoms with Crippen LogP contribution in [0.1, 0.15) is 30.0 Å². The third-order valence-electron chi connectivity index (χ3n) is 3.57. The van der Waals surface area contributed by atoms with Gasteiger partial charge in [-0.05, 0) is 43.0 Å². The monoisotopic (exact) mass is 289 g/mol. The first-order chi connectivity index (χ1) is 9.65. The lowest BCUT2D eigenvalue weighted by Crippen LogP contribution is -2.23. The van der Waals surface area contributed by atoms with Gasteiger partial charge in [-0.15, -0.1) is 0 Å². The first-order valence-electron chi connectivity index (χ1n) is 6.71. The van der Waals surface area contributed by atoms with Crippen molar-refractivity contribution in [3.63, 3.8) is 0 Å². The van der Waals surface area contributed by atoms with Gasteiger partial charge < -0.3 is 9.88 Å². The van der Waals surface area contributed by atoms with Crippen molar-refractivity contribution in [2.24, 2.45) is 0 Å². The number of nitrogens with zero attached hydrogens (tertiary/aromatic N) is 2. The summed E-state index contributed by atoms with van der Waals surface area (Å²) in [6.45, 7) is 2.57. The quantitative estimate of drug-likeness (QED) is 0.940. The molecular weight excluding hydrogens is 274 g/mol. The van der Waals surface area contributed by atoms with E-state index in [1.165, 1.54) is 0 Å². The molecule has 1 fully saturated rings. The Morgan fingerprint density at radius 2 is 2.25 bits per heavy atom. The minimum absolute atomic E-state index is 0.0466. The van der Waals surface area contributed by atoms with Crippen molar-refractivity contribution in [3.05, 3.63) is 57.1 Å². The third kappa shape index (κ3) is 2.70. The molecule has 3 rings (SSSR count). The van der Waals surface area contributed by atoms with Crippen LogP contribution in [0.3, 0.4) is 0 Å². The molecule has 1 aliphatic carbocycles. The van der Waals surface area contributed by atoms with Crippen LogP contribution in [0.5, 0.6) is 0 Å². The van der Waals surface area contributed by atoms with Crippen LogP contribution < -0.4 is 10.9 Å². The summed E-state index contributed by atoms with van der Waals surface area (Å²) in [4.78, 5) is 16.4. The maximum atomic E-state index is 12.2. The van der Waals surface area contributed by atoms with Gasteiger partial charge >= 0.3 is 0 Å². The molecule has 20 heavy (non-hydrogen) atoms. The van der Waals surface area contributed by atoms with Gasteiger partial charge in [0.2, 0.25) is 0 Å². The van der Waals surface area contributed by atoms with E-state index < -0.39 is 0 Å². The molecule has 104 valence electrons. The molecule has 1 aromatic carbocycles. The van der Waals surface area contributed by atoms with Gasteiger partial charge in [0.05, 0.1) is 0 Å². The lowest BCUT2D eigenvalue weighted by atomic mass is 10.1. The molecule has 1 heterocycles. The summed E-state index contributed by atoms with van der Waals surface area (Å²) in [5.41, 5.74) is 2.16. The Hall–Kier alpha value is -1.81. The zero-order valence-corrected chi connectivity index (χ0v) is 12.0. The smallest absolute Gasteiger partial charge is 0.293 e. The lowest BCUT2D eigenvalue weighted by molar-refractivity contribution is 0.699. The second-order valence-electron chi connectivity index (χ2n) is 5.14. The Labute approximate surface area is 122 Å². The van der Waals surface area contributed by atoms with Crippen molar-refractivity contribution in [3.8, 4) is 0 Å². The third-order valence-corrected chi connectivity index (χ3v) is 3.80. The summed E-state index contributed by atoms with van der Waals surface area (Å²) < 4.78 is 1.76. The number of benzene rings is 1. The molecule has 1 aliphatic rings. The molecule has 1 saturated carbocycles. The molecule has 4 nitrogen and oxygen atoms in total. The SMILES string of the molecule is Cc1ccc(Cl)cc1CNc1nccn(C2CC2)c1=O. The number of halogens is 1. The van der Waals surface area contributed by atoms with E-state index >= 15 is 0 Å². The molecule has 5 heteroatoms. The molecule has 0 aliphatic heterocycles. The molecule has 0 radical (unpaired) electrons. The van der Waals surface area contributed by atoms with Crippen LogP contribution in [0, 0.1) is 6.92 Å². The number of aryl methyl sites for hydroxylation is 1. The summed E-state index contributed by atoms with van der Waals surface area (Å²) in [5, 5.41) is 3.82. The molecule has 0 amide bonds. The van der Waals surface area contributed by atoms with E-state index in [0.717, 1.165) is 24.0 Å². The fraction of sp³-hybridized carbons (Fsp3) is 0.333. The Balaban J connectivity index is 1.80. The number of rotatable bonds is 4. The molecule has 1 N–H and O–H groups in total. The van der Waals surface area contributed by atoms with E-state index in [2.05, 4.69) is 10.3 Å². The normalized spacial score (nSPS) is 14.3. The lowest BCUT2D eigenvalue weighted by Gasteiger charge is -2.10. The van der Waals surface area contributed by atoms with Gasteiger partial charge in [-0.3, -0.25) is 4.79 Å². The highest BCUT2D eigenvalue weighted by Gasteiger charge is 2.25. The van der Waals surface area contributed by atoms with E-state index in [-0.39, 0.29) is 5.56 Å². The summed E-state index contributed by atoms with van der Waals surface area (Å²) in [7, 11) is 0. The van der Waals surface area contributed by atoms with Gasteiger partial charge in [0.25, 0.3) is 5.56 Å². The van der Waals surface area contributed by atoms with Crippen LogP contribution in [0.25, 0.3) is 0 Å². The molecule has 0 saturated heterocycles. The highest BCUT2D eigenvalue weighted by atomic mass is 35.5. The highest BCUT2D eigenvalue weighted by Crippen LogP contribution is 2.33. The van der Waals surface area contributed by atoms with E-state index in [1.54, 1.807) is 17.0 Å². The number of nitrogens with one attached hydrogen (secondary N) is 1. The fourth-order valence-corrected chi connectivity index (χ4v) is 2.39. The van der Waals surface area contributed by atoms with Crippen molar-refractivity contribution in [1.29, 1.82) is 0 Å². The van der Waals surface area contributed by atoms with Gasteiger partial charge in [-0.2, -0.15) is 0 Å². The number of hydrogen-bond acceptors (Lipinski definition) is 3. The van der Waals surface area contributed by atoms with Crippen molar-refractivity contribution in [1.82, 2.24) is 9.55 Å². The van der Waals surface area contributed by atoms with Gasteiger partial charge in [0.1, 0.15) is 0 Å². The Kier molecular flexibility index (Phi) is 3.49. The van der Waals surface area contributed by atoms with Crippen LogP contribution in [-0.2, 0) is 6.54 Å². The van der Waals surface area contributed by atoms with Crippen LogP contribution >= 0.6 is 11.6 Å². The average Bonchev–Trinajstić information content (AvgIpc) is 3.25. The van der Waals surface area contributed by atoms with Crippen LogP contribution in [0.15, 0.2) is 35.4 Å². The summed E-state index contributed by atoms with van der Waals surface area (Å²) in [6, 6.07) is 6.10. The summed E-state index contributed by atoms with van der Waals surface area (Å²) in [6.07, 6.45) is 5.59. The second kappa shape index (κ2) is 5.29. The van der Waals surface area contributed by atoms with Crippen LogP contribution in [0.2, 0.25) is 5.02 Å². The van der Waals surface area contributed by atoms with Crippen molar-refractivity contribution >= 4 is 17.4 Å². The van der Waals surface area contributed by atoms with Gasteiger partial charge in [-0.1, -0.05) is 17.7 Å². The minimum atomic E-state index is -0.0466. The summed E-state index contributed by atoms with van der Waals surface area (Å²) in [5.74, 6) is 0.402. The maximum Gasteiger partial charge on any atom is 0.293 e. The van der Waals surface area contributed by atoms with Gasteiger partial charge in [0, 0.05) is 30.0 Å². The Morgan fingerprint density at radius 3 is 3.00 bits per heavy atom. The molecule has 0 bridgehead atoms. The molecular formula is C15H16ClN3O. The largest absolute Gasteiger partial charge is 0.361 e. The van der Waals surface area contributed by atoms with E-state index in [1.807, 2.05) is 25.1 Å². The number of hydrogen-bond donors (Lipinski definition) is 1. The molecule has 0 spiro atoms. The van der Waals surface area contributed by atoms with Crippen molar-refractivity contribution < 1.29 is 0 Å². The van der Waals surface area contributed by atoms with Crippen molar-refractivity contribution in [2.45, 2.75) is 32.4 Å². The Bertz CT molecular complexity index is 692. The van der Waals surface area contributed by atoms with Crippen molar-refractivity contribution in [2.75, 3.05) is 5.32 Å². The van der Waals surface area contributed by atoms with Crippen LogP contribution in [-0.4, -0.2) is 9.55 Å². The predicted octanol–water partition coefficient (Wildman–Crippen LogP) is 3.15. The zero-order chi connectivity index (χ0) is 14.1. The predicted molar refractivity (Wildman–Crippen MR) is 80.3 cm³/mol. The number of aromatic nitrogens is 2. The van der Waals surface area contributed by atoms with Crippen LogP contribution in [0.4, 0.5) is 5.82 Å². The first-order valence-corrected chi connectivity index (χ1v) is 7.09. The molecule has 0 atom stereocenters. The van der Waals surface area contributed by atoms with E-state index in [0.29, 0.717) is 23.4 Å².